The number of hydrogen-bond acceptors (Lipinski definition) is 4. The van der Waals surface area contributed by atoms with Gasteiger partial charge in [-0.2, -0.15) is 0 Å². The zero-order valence-corrected chi connectivity index (χ0v) is 30.6. The van der Waals surface area contributed by atoms with E-state index in [4.69, 9.17) is 40.4 Å². The Morgan fingerprint density at radius 1 is 0.650 bits per heavy atom. The van der Waals surface area contributed by atoms with E-state index in [1.54, 1.807) is 0 Å². The van der Waals surface area contributed by atoms with E-state index in [0.29, 0.717) is 21.8 Å². The van der Waals surface area contributed by atoms with Gasteiger partial charge in [0.05, 0.1) is 34.3 Å². The molecule has 0 amide bonds. The highest BCUT2D eigenvalue weighted by molar-refractivity contribution is 7.10. The first-order valence-corrected chi connectivity index (χ1v) is 24.9. The van der Waals surface area contributed by atoms with Crippen molar-refractivity contribution in [2.45, 2.75) is 57.4 Å². The molecule has 1 heterocycles. The summed E-state index contributed by atoms with van der Waals surface area (Å²) < 4.78 is 25.7. The van der Waals surface area contributed by atoms with Crippen LogP contribution in [0.1, 0.15) is 16.0 Å². The van der Waals surface area contributed by atoms with Crippen LogP contribution in [0.5, 0.6) is 0 Å². The Kier molecular flexibility index (Phi) is 17.9. The lowest BCUT2D eigenvalue weighted by molar-refractivity contribution is 0.581. The number of hydrogen-bond donors (Lipinski definition) is 3. The molecule has 0 unspecified atom stereocenters. The van der Waals surface area contributed by atoms with Gasteiger partial charge >= 0.3 is 0 Å². The molecule has 0 aliphatic carbocycles. The van der Waals surface area contributed by atoms with E-state index in [-0.39, 0.29) is 12.4 Å². The average Bonchev–Trinajstić information content (AvgIpc) is 3.33. The first-order valence-electron chi connectivity index (χ1n) is 13.0. The minimum atomic E-state index is -1.52. The van der Waals surface area contributed by atoms with Crippen LogP contribution in [-0.4, -0.2) is 42.7 Å². The van der Waals surface area contributed by atoms with Crippen molar-refractivity contribution < 1.29 is 8.78 Å². The minimum absolute atomic E-state index is 0. The highest BCUT2D eigenvalue weighted by Gasteiger charge is 2.21. The predicted molar refractivity (Wildman–Crippen MR) is 185 cm³/mol. The Morgan fingerprint density at radius 2 is 1.12 bits per heavy atom. The highest BCUT2D eigenvalue weighted by Crippen LogP contribution is 2.24. The normalized spacial score (nSPS) is 11.5. The first-order chi connectivity index (χ1) is 18.0. The monoisotopic (exact) mass is 683 g/mol. The smallest absolute Gasteiger partial charge is 0.126 e. The Hall–Kier alpha value is -0.599. The Morgan fingerprint density at radius 3 is 1.55 bits per heavy atom. The molecule has 1 aromatic heterocycles. The second-order valence-corrected chi connectivity index (χ2v) is 29.4. The van der Waals surface area contributed by atoms with Crippen LogP contribution in [0.15, 0.2) is 53.9 Å². The molecule has 0 saturated heterocycles. The molecule has 0 aliphatic rings. The fourth-order valence-corrected chi connectivity index (χ4v) is 10.0. The van der Waals surface area contributed by atoms with Gasteiger partial charge in [0.2, 0.25) is 0 Å². The second-order valence-electron chi connectivity index (χ2n) is 12.2. The van der Waals surface area contributed by atoms with E-state index >= 15 is 0 Å². The quantitative estimate of drug-likeness (QED) is 0.200. The number of rotatable bonds is 9. The van der Waals surface area contributed by atoms with Gasteiger partial charge in [-0.25, -0.2) is 8.78 Å². The molecule has 3 rings (SSSR count). The minimum Gasteiger partial charge on any atom is -0.333 e. The standard InChI is InChI=1S/C10H15Cl2NSi.C10H15F2NSi.C8H15NSSi.ClH/c1-14(2,7-13)6-8-3-4-9(11)10(12)5-8;1-14(2,7-13)6-8-3-9(11)5-10(12)4-8;1-11(2,7-9)6-8-4-3-5-10-8;/h2*3-5H,6-7,13H2,1-2H3;3-5H,6-7,9H2,1-2H3;1H. The lowest BCUT2D eigenvalue weighted by Gasteiger charge is -2.19. The van der Waals surface area contributed by atoms with Crippen LogP contribution in [0.4, 0.5) is 8.78 Å². The average molecular weight is 685 g/mol. The van der Waals surface area contributed by atoms with Crippen LogP contribution >= 0.6 is 46.9 Å². The summed E-state index contributed by atoms with van der Waals surface area (Å²) in [5.74, 6) is -1.02. The van der Waals surface area contributed by atoms with Gasteiger partial charge in [0.1, 0.15) is 11.6 Å². The molecule has 3 aromatic rings. The molecule has 2 aromatic carbocycles. The fraction of sp³-hybridized carbons (Fsp3) is 0.429. The van der Waals surface area contributed by atoms with Crippen LogP contribution in [0.3, 0.4) is 0 Å². The summed E-state index contributed by atoms with van der Waals surface area (Å²) in [5.41, 5.74) is 19.0. The third kappa shape index (κ3) is 16.1. The summed E-state index contributed by atoms with van der Waals surface area (Å²) >= 11 is 13.6. The Labute approximate surface area is 263 Å². The summed E-state index contributed by atoms with van der Waals surface area (Å²) in [6, 6.07) is 16.8. The second kappa shape index (κ2) is 18.2. The third-order valence-electron chi connectivity index (χ3n) is 6.16. The maximum absolute atomic E-state index is 12.9. The number of thiophene rings is 1. The number of nitrogens with two attached hydrogens (primary N) is 3. The fourth-order valence-electron chi connectivity index (χ4n) is 3.57. The van der Waals surface area contributed by atoms with Crippen molar-refractivity contribution in [3.8, 4) is 0 Å². The van der Waals surface area contributed by atoms with E-state index in [2.05, 4.69) is 56.8 Å². The molecule has 6 N–H and O–H groups in total. The zero-order valence-electron chi connectivity index (χ0n) is 24.5. The van der Waals surface area contributed by atoms with Gasteiger partial charge < -0.3 is 17.2 Å². The molecule has 0 aliphatic heterocycles. The van der Waals surface area contributed by atoms with Gasteiger partial charge in [-0.15, -0.1) is 23.7 Å². The summed E-state index contributed by atoms with van der Waals surface area (Å²) in [6.45, 7) is 13.4. The van der Waals surface area contributed by atoms with E-state index in [1.165, 1.54) is 28.6 Å². The van der Waals surface area contributed by atoms with Crippen molar-refractivity contribution >= 4 is 71.2 Å². The van der Waals surface area contributed by atoms with Crippen molar-refractivity contribution in [3.63, 3.8) is 0 Å². The van der Waals surface area contributed by atoms with Crippen LogP contribution in [0, 0.1) is 11.6 Å². The molecule has 0 fully saturated rings. The Balaban J connectivity index is 0.000000568. The van der Waals surface area contributed by atoms with E-state index in [0.717, 1.165) is 30.5 Å². The molecule has 0 radical (unpaired) electrons. The SMILES string of the molecule is C[Si](C)(CN)Cc1cc(F)cc(F)c1.C[Si](C)(CN)Cc1ccc(Cl)c(Cl)c1.C[Si](C)(CN)Cc1cccs1.Cl. The third-order valence-corrected chi connectivity index (χ3v) is 15.4. The molecular weight excluding hydrogens is 639 g/mol. The van der Waals surface area contributed by atoms with Gasteiger partial charge in [-0.05, 0) is 83.5 Å². The summed E-state index contributed by atoms with van der Waals surface area (Å²) in [5, 5.41) is 3.38. The maximum Gasteiger partial charge on any atom is 0.126 e. The summed E-state index contributed by atoms with van der Waals surface area (Å²) in [4.78, 5) is 1.49. The molecular formula is C28H46Cl3F2N3SSi3. The zero-order chi connectivity index (χ0) is 29.9. The molecule has 0 bridgehead atoms. The predicted octanol–water partition coefficient (Wildman–Crippen LogP) is 7.99. The van der Waals surface area contributed by atoms with Crippen molar-refractivity contribution in [3.05, 3.63) is 91.6 Å². The lowest BCUT2D eigenvalue weighted by atomic mass is 10.2. The molecule has 40 heavy (non-hydrogen) atoms. The van der Waals surface area contributed by atoms with Gasteiger partial charge in [-0.3, -0.25) is 0 Å². The number of benzene rings is 2. The molecule has 0 spiro atoms. The van der Waals surface area contributed by atoms with Crippen molar-refractivity contribution in [1.82, 2.24) is 0 Å². The Bertz CT molecular complexity index is 1130. The number of halogens is 5. The lowest BCUT2D eigenvalue weighted by Crippen LogP contribution is -2.39. The van der Waals surface area contributed by atoms with Crippen LogP contribution in [0.2, 0.25) is 49.3 Å². The van der Waals surface area contributed by atoms with E-state index in [1.807, 2.05) is 29.5 Å². The topological polar surface area (TPSA) is 78.1 Å². The van der Waals surface area contributed by atoms with Crippen molar-refractivity contribution in [2.24, 2.45) is 17.2 Å². The van der Waals surface area contributed by atoms with Crippen molar-refractivity contribution in [2.75, 3.05) is 18.5 Å². The highest BCUT2D eigenvalue weighted by atomic mass is 35.5. The maximum atomic E-state index is 12.9. The van der Waals surface area contributed by atoms with Gasteiger partial charge in [-0.1, -0.05) is 74.6 Å². The molecule has 3 nitrogen and oxygen atoms in total. The van der Waals surface area contributed by atoms with Crippen molar-refractivity contribution in [1.29, 1.82) is 0 Å². The first kappa shape index (κ1) is 39.4. The largest absolute Gasteiger partial charge is 0.333 e. The van der Waals surface area contributed by atoms with Crippen LogP contribution in [-0.2, 0) is 18.1 Å². The van der Waals surface area contributed by atoms with E-state index < -0.39 is 35.9 Å². The van der Waals surface area contributed by atoms with E-state index in [9.17, 15) is 8.78 Å². The molecule has 0 saturated carbocycles. The molecule has 12 heteroatoms. The summed E-state index contributed by atoms with van der Waals surface area (Å²) in [6.07, 6.45) is 2.32. The van der Waals surface area contributed by atoms with Gasteiger partial charge in [0.15, 0.2) is 0 Å². The van der Waals surface area contributed by atoms with Crippen LogP contribution < -0.4 is 17.2 Å². The van der Waals surface area contributed by atoms with Crippen LogP contribution in [0.25, 0.3) is 0 Å². The molecule has 226 valence electrons. The molecule has 0 atom stereocenters. The van der Waals surface area contributed by atoms with Gasteiger partial charge in [0, 0.05) is 10.9 Å². The van der Waals surface area contributed by atoms with Gasteiger partial charge in [0.25, 0.3) is 0 Å². The summed E-state index contributed by atoms with van der Waals surface area (Å²) in [7, 11) is -3.90.